The standard InChI is InChI=1S/C8H6B2/c9-7-3-4-8(10)6-2-1-5(6)7/h3-4H,1-2H2. The fourth-order valence-electron chi connectivity index (χ4n) is 1.39. The maximum atomic E-state index is 5.69. The Kier molecular flexibility index (Phi) is 1.16. The van der Waals surface area contributed by atoms with Gasteiger partial charge in [0.1, 0.15) is 15.7 Å². The Balaban J connectivity index is 2.66. The van der Waals surface area contributed by atoms with Crippen LogP contribution in [0.5, 0.6) is 0 Å². The van der Waals surface area contributed by atoms with Crippen LogP contribution in [-0.4, -0.2) is 15.7 Å². The summed E-state index contributed by atoms with van der Waals surface area (Å²) in [6, 6.07) is 3.76. The van der Waals surface area contributed by atoms with Crippen molar-refractivity contribution in [2.45, 2.75) is 12.8 Å². The molecule has 0 saturated heterocycles. The molecule has 0 aromatic heterocycles. The molecule has 1 aromatic carbocycles. The number of hydrogen-bond acceptors (Lipinski definition) is 0. The summed E-state index contributed by atoms with van der Waals surface area (Å²) >= 11 is 0. The van der Waals surface area contributed by atoms with Gasteiger partial charge in [-0.1, -0.05) is 34.2 Å². The molecule has 0 heterocycles. The van der Waals surface area contributed by atoms with Crippen LogP contribution in [0.25, 0.3) is 0 Å². The van der Waals surface area contributed by atoms with Gasteiger partial charge in [0.2, 0.25) is 0 Å². The van der Waals surface area contributed by atoms with E-state index >= 15 is 0 Å². The van der Waals surface area contributed by atoms with Crippen LogP contribution in [0.3, 0.4) is 0 Å². The molecule has 2 rings (SSSR count). The minimum absolute atomic E-state index is 0.899. The van der Waals surface area contributed by atoms with E-state index < -0.39 is 0 Å². The lowest BCUT2D eigenvalue weighted by Gasteiger charge is -2.24. The van der Waals surface area contributed by atoms with E-state index in [4.69, 9.17) is 15.7 Å². The summed E-state index contributed by atoms with van der Waals surface area (Å²) in [4.78, 5) is 0. The Hall–Kier alpha value is -0.650. The van der Waals surface area contributed by atoms with Crippen molar-refractivity contribution in [3.63, 3.8) is 0 Å². The van der Waals surface area contributed by atoms with Gasteiger partial charge in [0.15, 0.2) is 0 Å². The number of rotatable bonds is 0. The topological polar surface area (TPSA) is 0 Å². The zero-order valence-electron chi connectivity index (χ0n) is 5.72. The summed E-state index contributed by atoms with van der Waals surface area (Å²) in [5.74, 6) is 0. The van der Waals surface area contributed by atoms with Gasteiger partial charge < -0.3 is 0 Å². The minimum atomic E-state index is 0.899. The highest BCUT2D eigenvalue weighted by Crippen LogP contribution is 2.16. The van der Waals surface area contributed by atoms with Gasteiger partial charge in [-0.05, 0) is 12.8 Å². The van der Waals surface area contributed by atoms with Gasteiger partial charge in [-0.3, -0.25) is 0 Å². The van der Waals surface area contributed by atoms with Crippen molar-refractivity contribution in [1.82, 2.24) is 0 Å². The molecule has 0 nitrogen and oxygen atoms in total. The van der Waals surface area contributed by atoms with Crippen LogP contribution >= 0.6 is 0 Å². The molecule has 10 heavy (non-hydrogen) atoms. The summed E-state index contributed by atoms with van der Waals surface area (Å²) in [6.07, 6.45) is 2.21. The first-order chi connectivity index (χ1) is 4.79. The number of fused-ring (bicyclic) bond motifs is 1. The first-order valence-corrected chi connectivity index (χ1v) is 3.45. The summed E-state index contributed by atoms with van der Waals surface area (Å²) in [6.45, 7) is 0. The van der Waals surface area contributed by atoms with Crippen LogP contribution in [0, 0.1) is 0 Å². The molecule has 2 heteroatoms. The Bertz CT molecular complexity index is 250. The molecular weight excluding hydrogens is 118 g/mol. The van der Waals surface area contributed by atoms with E-state index in [0.29, 0.717) is 0 Å². The van der Waals surface area contributed by atoms with E-state index in [2.05, 4.69) is 0 Å². The van der Waals surface area contributed by atoms with Crippen LogP contribution in [0.1, 0.15) is 11.1 Å². The third-order valence-electron chi connectivity index (χ3n) is 2.13. The lowest BCUT2D eigenvalue weighted by Crippen LogP contribution is -2.29. The zero-order valence-corrected chi connectivity index (χ0v) is 5.72. The van der Waals surface area contributed by atoms with Crippen molar-refractivity contribution in [3.05, 3.63) is 23.3 Å². The largest absolute Gasteiger partial charge is 0.114 e. The lowest BCUT2D eigenvalue weighted by molar-refractivity contribution is 0.856. The highest BCUT2D eigenvalue weighted by atomic mass is 14.2. The number of benzene rings is 1. The third kappa shape index (κ3) is 0.650. The van der Waals surface area contributed by atoms with Crippen molar-refractivity contribution < 1.29 is 0 Å². The molecule has 44 valence electrons. The summed E-state index contributed by atoms with van der Waals surface area (Å²) < 4.78 is 0. The summed E-state index contributed by atoms with van der Waals surface area (Å²) in [7, 11) is 11.4. The highest BCUT2D eigenvalue weighted by Gasteiger charge is 2.15. The molecular formula is C8H6B2. The molecule has 0 amide bonds. The molecule has 1 aliphatic rings. The van der Waals surface area contributed by atoms with E-state index in [-0.39, 0.29) is 0 Å². The molecule has 0 aliphatic heterocycles. The van der Waals surface area contributed by atoms with Crippen molar-refractivity contribution in [2.24, 2.45) is 0 Å². The Morgan fingerprint density at radius 3 is 1.60 bits per heavy atom. The molecule has 4 radical (unpaired) electrons. The van der Waals surface area contributed by atoms with Crippen LogP contribution in [-0.2, 0) is 12.8 Å². The van der Waals surface area contributed by atoms with Crippen molar-refractivity contribution in [2.75, 3.05) is 0 Å². The normalized spacial score (nSPS) is 14.0. The lowest BCUT2D eigenvalue weighted by atomic mass is 9.71. The Morgan fingerprint density at radius 1 is 0.900 bits per heavy atom. The van der Waals surface area contributed by atoms with Crippen molar-refractivity contribution >= 4 is 26.6 Å². The maximum absolute atomic E-state index is 5.69. The van der Waals surface area contributed by atoms with E-state index in [1.54, 1.807) is 0 Å². The van der Waals surface area contributed by atoms with Gasteiger partial charge >= 0.3 is 0 Å². The number of hydrogen-bond donors (Lipinski definition) is 0. The van der Waals surface area contributed by atoms with E-state index in [1.807, 2.05) is 12.1 Å². The quantitative estimate of drug-likeness (QED) is 0.404. The first kappa shape index (κ1) is 6.09. The molecule has 0 spiro atoms. The summed E-state index contributed by atoms with van der Waals surface area (Å²) in [5, 5.41) is 0. The maximum Gasteiger partial charge on any atom is 0.114 e. The van der Waals surface area contributed by atoms with Crippen LogP contribution in [0.4, 0.5) is 0 Å². The second kappa shape index (κ2) is 1.91. The zero-order chi connectivity index (χ0) is 7.14. The van der Waals surface area contributed by atoms with Crippen LogP contribution in [0.2, 0.25) is 0 Å². The van der Waals surface area contributed by atoms with Gasteiger partial charge in [-0.25, -0.2) is 0 Å². The molecule has 0 bridgehead atoms. The van der Waals surface area contributed by atoms with Gasteiger partial charge in [0, 0.05) is 0 Å². The third-order valence-corrected chi connectivity index (χ3v) is 2.13. The Labute approximate surface area is 63.5 Å². The molecule has 0 unspecified atom stereocenters. The average Bonchev–Trinajstić information content (AvgIpc) is 1.78. The SMILES string of the molecule is [B]c1ccc([B])c2c1CC2. The van der Waals surface area contributed by atoms with E-state index in [0.717, 1.165) is 23.8 Å². The fourth-order valence-corrected chi connectivity index (χ4v) is 1.39. The van der Waals surface area contributed by atoms with Gasteiger partial charge in [0.05, 0.1) is 0 Å². The highest BCUT2D eigenvalue weighted by molar-refractivity contribution is 6.37. The average molecular weight is 124 g/mol. The fraction of sp³-hybridized carbons (Fsp3) is 0.250. The molecule has 0 atom stereocenters. The monoisotopic (exact) mass is 124 g/mol. The minimum Gasteiger partial charge on any atom is -0.0933 e. The van der Waals surface area contributed by atoms with Crippen molar-refractivity contribution in [3.8, 4) is 0 Å². The van der Waals surface area contributed by atoms with Crippen LogP contribution in [0.15, 0.2) is 12.1 Å². The molecule has 1 aliphatic carbocycles. The summed E-state index contributed by atoms with van der Waals surface area (Å²) in [5.41, 5.74) is 4.32. The van der Waals surface area contributed by atoms with E-state index in [1.165, 1.54) is 11.1 Å². The predicted molar refractivity (Wildman–Crippen MR) is 44.6 cm³/mol. The molecule has 0 saturated carbocycles. The molecule has 1 aromatic rings. The predicted octanol–water partition coefficient (Wildman–Crippen LogP) is -0.627. The van der Waals surface area contributed by atoms with Crippen molar-refractivity contribution in [1.29, 1.82) is 0 Å². The van der Waals surface area contributed by atoms with Crippen LogP contribution < -0.4 is 10.9 Å². The van der Waals surface area contributed by atoms with Gasteiger partial charge in [0.25, 0.3) is 0 Å². The second-order valence-electron chi connectivity index (χ2n) is 2.70. The Morgan fingerprint density at radius 2 is 1.30 bits per heavy atom. The van der Waals surface area contributed by atoms with Gasteiger partial charge in [-0.2, -0.15) is 0 Å². The van der Waals surface area contributed by atoms with E-state index in [9.17, 15) is 0 Å². The van der Waals surface area contributed by atoms with Gasteiger partial charge in [-0.15, -0.1) is 0 Å². The second-order valence-corrected chi connectivity index (χ2v) is 2.70. The smallest absolute Gasteiger partial charge is 0.0933 e. The first-order valence-electron chi connectivity index (χ1n) is 3.45. The molecule has 0 fully saturated rings. The molecule has 0 N–H and O–H groups in total.